The lowest BCUT2D eigenvalue weighted by molar-refractivity contribution is -0.121. The summed E-state index contributed by atoms with van der Waals surface area (Å²) in [5, 5.41) is 8.55. The molecular weight excluding hydrogens is 156 g/mol. The number of hydrogen-bond donors (Lipinski definition) is 1. The molecule has 0 radical (unpaired) electrons. The van der Waals surface area contributed by atoms with E-state index >= 15 is 0 Å². The summed E-state index contributed by atoms with van der Waals surface area (Å²) in [5.41, 5.74) is 0. The fraction of sp³-hybridized carbons (Fsp3) is 0.250. The molecule has 0 unspecified atom stereocenters. The third kappa shape index (κ3) is 1.79. The van der Waals surface area contributed by atoms with Crippen molar-refractivity contribution in [1.82, 2.24) is 4.98 Å². The van der Waals surface area contributed by atoms with Crippen LogP contribution in [-0.2, 0) is 4.79 Å². The van der Waals surface area contributed by atoms with Gasteiger partial charge in [0, 0.05) is 13.2 Å². The Bertz CT molecular complexity index is 261. The molecule has 4 heteroatoms. The molecule has 0 fully saturated rings. The topological polar surface area (TPSA) is 53.4 Å². The van der Waals surface area contributed by atoms with Gasteiger partial charge in [-0.3, -0.25) is 9.69 Å². The van der Waals surface area contributed by atoms with E-state index < -0.39 is 6.61 Å². The van der Waals surface area contributed by atoms with Crippen molar-refractivity contribution in [3.05, 3.63) is 24.4 Å². The molecule has 1 amide bonds. The Balaban J connectivity index is 2.78. The highest BCUT2D eigenvalue weighted by atomic mass is 16.3. The van der Waals surface area contributed by atoms with Gasteiger partial charge >= 0.3 is 0 Å². The normalized spacial score (nSPS) is 9.50. The molecule has 0 aliphatic heterocycles. The Morgan fingerprint density at radius 2 is 2.42 bits per heavy atom. The number of nitrogens with zero attached hydrogens (tertiary/aromatic N) is 2. The molecule has 0 atom stereocenters. The number of pyridine rings is 1. The average Bonchev–Trinajstić information content (AvgIpc) is 2.17. The first-order valence-electron chi connectivity index (χ1n) is 3.54. The lowest BCUT2D eigenvalue weighted by atomic mass is 10.4. The quantitative estimate of drug-likeness (QED) is 0.674. The maximum Gasteiger partial charge on any atom is 0.253 e. The van der Waals surface area contributed by atoms with Gasteiger partial charge in [0.15, 0.2) is 0 Å². The Morgan fingerprint density at radius 1 is 1.67 bits per heavy atom. The zero-order valence-corrected chi connectivity index (χ0v) is 6.77. The number of aliphatic hydroxyl groups is 1. The van der Waals surface area contributed by atoms with Crippen molar-refractivity contribution in [3.63, 3.8) is 0 Å². The maximum absolute atomic E-state index is 10.9. The predicted molar refractivity (Wildman–Crippen MR) is 44.7 cm³/mol. The van der Waals surface area contributed by atoms with Crippen LogP contribution in [0.5, 0.6) is 0 Å². The van der Waals surface area contributed by atoms with Crippen molar-refractivity contribution in [3.8, 4) is 0 Å². The number of amides is 1. The van der Waals surface area contributed by atoms with Crippen molar-refractivity contribution in [2.75, 3.05) is 18.6 Å². The van der Waals surface area contributed by atoms with Crippen LogP contribution in [0, 0.1) is 0 Å². The summed E-state index contributed by atoms with van der Waals surface area (Å²) in [7, 11) is 1.57. The largest absolute Gasteiger partial charge is 0.387 e. The summed E-state index contributed by atoms with van der Waals surface area (Å²) in [6, 6.07) is 5.25. The Morgan fingerprint density at radius 3 is 2.92 bits per heavy atom. The van der Waals surface area contributed by atoms with Gasteiger partial charge in [0.25, 0.3) is 5.91 Å². The van der Waals surface area contributed by atoms with Crippen LogP contribution in [-0.4, -0.2) is 29.7 Å². The molecule has 4 nitrogen and oxygen atoms in total. The van der Waals surface area contributed by atoms with Gasteiger partial charge in [0.05, 0.1) is 0 Å². The number of aliphatic hydroxyl groups excluding tert-OH is 1. The molecule has 0 aliphatic rings. The first-order chi connectivity index (χ1) is 5.75. The number of aromatic nitrogens is 1. The zero-order valence-electron chi connectivity index (χ0n) is 6.77. The molecule has 1 aromatic heterocycles. The van der Waals surface area contributed by atoms with Gasteiger partial charge in [-0.15, -0.1) is 0 Å². The van der Waals surface area contributed by atoms with E-state index in [4.69, 9.17) is 5.11 Å². The number of likely N-dealkylation sites (N-methyl/N-ethyl adjacent to an activating group) is 1. The minimum absolute atomic E-state index is 0.367. The first kappa shape index (κ1) is 8.67. The van der Waals surface area contributed by atoms with E-state index in [0.29, 0.717) is 5.82 Å². The number of anilines is 1. The van der Waals surface area contributed by atoms with E-state index in [9.17, 15) is 4.79 Å². The molecule has 0 saturated heterocycles. The average molecular weight is 166 g/mol. The van der Waals surface area contributed by atoms with Crippen molar-refractivity contribution in [2.45, 2.75) is 0 Å². The van der Waals surface area contributed by atoms with Crippen LogP contribution in [0.2, 0.25) is 0 Å². The molecule has 1 heterocycles. The summed E-state index contributed by atoms with van der Waals surface area (Å²) in [5.74, 6) is 0.172. The first-order valence-corrected chi connectivity index (χ1v) is 3.54. The SMILES string of the molecule is CN(C(=O)CO)c1ccccn1. The zero-order chi connectivity index (χ0) is 8.97. The summed E-state index contributed by atoms with van der Waals surface area (Å²) >= 11 is 0. The third-order valence-electron chi connectivity index (χ3n) is 1.50. The van der Waals surface area contributed by atoms with Crippen LogP contribution < -0.4 is 4.90 Å². The third-order valence-corrected chi connectivity index (χ3v) is 1.50. The minimum atomic E-state index is -0.493. The van der Waals surface area contributed by atoms with E-state index in [2.05, 4.69) is 4.98 Å². The highest BCUT2D eigenvalue weighted by Crippen LogP contribution is 2.05. The minimum Gasteiger partial charge on any atom is -0.387 e. The molecular formula is C8H10N2O2. The van der Waals surface area contributed by atoms with Crippen molar-refractivity contribution < 1.29 is 9.90 Å². The Labute approximate surface area is 70.5 Å². The van der Waals surface area contributed by atoms with Gasteiger partial charge < -0.3 is 5.11 Å². The number of rotatable bonds is 2. The lowest BCUT2D eigenvalue weighted by Crippen LogP contribution is -2.29. The number of carbonyl (C=O) groups excluding carboxylic acids is 1. The summed E-state index contributed by atoms with van der Waals surface area (Å²) in [6.07, 6.45) is 1.59. The van der Waals surface area contributed by atoms with Crippen LogP contribution in [0.25, 0.3) is 0 Å². The van der Waals surface area contributed by atoms with Gasteiger partial charge in [-0.25, -0.2) is 4.98 Å². The van der Waals surface area contributed by atoms with Gasteiger partial charge in [-0.05, 0) is 12.1 Å². The molecule has 0 aliphatic carbocycles. The van der Waals surface area contributed by atoms with Crippen LogP contribution in [0.15, 0.2) is 24.4 Å². The molecule has 1 rings (SSSR count). The van der Waals surface area contributed by atoms with Gasteiger partial charge in [0.2, 0.25) is 0 Å². The second-order valence-corrected chi connectivity index (χ2v) is 2.30. The van der Waals surface area contributed by atoms with E-state index in [1.54, 1.807) is 31.4 Å². The molecule has 0 spiro atoms. The van der Waals surface area contributed by atoms with Crippen LogP contribution in [0.1, 0.15) is 0 Å². The second kappa shape index (κ2) is 3.82. The molecule has 1 aromatic rings. The van der Waals surface area contributed by atoms with Gasteiger partial charge in [0.1, 0.15) is 12.4 Å². The van der Waals surface area contributed by atoms with Crippen LogP contribution in [0.3, 0.4) is 0 Å². The highest BCUT2D eigenvalue weighted by molar-refractivity contribution is 5.92. The van der Waals surface area contributed by atoms with E-state index in [0.717, 1.165) is 0 Å². The van der Waals surface area contributed by atoms with Gasteiger partial charge in [-0.1, -0.05) is 6.07 Å². The Hall–Kier alpha value is -1.42. The second-order valence-electron chi connectivity index (χ2n) is 2.30. The van der Waals surface area contributed by atoms with Gasteiger partial charge in [-0.2, -0.15) is 0 Å². The summed E-state index contributed by atoms with van der Waals surface area (Å²) in [6.45, 7) is -0.493. The molecule has 12 heavy (non-hydrogen) atoms. The molecule has 0 saturated carbocycles. The van der Waals surface area contributed by atoms with Crippen molar-refractivity contribution in [1.29, 1.82) is 0 Å². The van der Waals surface area contributed by atoms with Crippen molar-refractivity contribution in [2.24, 2.45) is 0 Å². The van der Waals surface area contributed by atoms with E-state index in [1.807, 2.05) is 0 Å². The molecule has 64 valence electrons. The Kier molecular flexibility index (Phi) is 2.76. The smallest absolute Gasteiger partial charge is 0.253 e. The summed E-state index contributed by atoms with van der Waals surface area (Å²) < 4.78 is 0. The standard InChI is InChI=1S/C8H10N2O2/c1-10(8(12)6-11)7-4-2-3-5-9-7/h2-5,11H,6H2,1H3. The highest BCUT2D eigenvalue weighted by Gasteiger charge is 2.08. The monoisotopic (exact) mass is 166 g/mol. The summed E-state index contributed by atoms with van der Waals surface area (Å²) in [4.78, 5) is 16.2. The van der Waals surface area contributed by atoms with Crippen LogP contribution >= 0.6 is 0 Å². The predicted octanol–water partition coefficient (Wildman–Crippen LogP) is 0.0367. The molecule has 0 bridgehead atoms. The van der Waals surface area contributed by atoms with Crippen LogP contribution in [0.4, 0.5) is 5.82 Å². The van der Waals surface area contributed by atoms with Crippen molar-refractivity contribution >= 4 is 11.7 Å². The fourth-order valence-corrected chi connectivity index (χ4v) is 0.786. The lowest BCUT2D eigenvalue weighted by Gasteiger charge is -2.13. The molecule has 0 aromatic carbocycles. The number of hydrogen-bond acceptors (Lipinski definition) is 3. The fourth-order valence-electron chi connectivity index (χ4n) is 0.786. The number of carbonyl (C=O) groups is 1. The molecule has 1 N–H and O–H groups in total. The van der Waals surface area contributed by atoms with E-state index in [1.165, 1.54) is 4.90 Å². The maximum atomic E-state index is 10.9. The van der Waals surface area contributed by atoms with E-state index in [-0.39, 0.29) is 5.91 Å².